The maximum absolute atomic E-state index is 6.20. The molecule has 0 amide bonds. The van der Waals surface area contributed by atoms with E-state index in [1.54, 1.807) is 0 Å². The van der Waals surface area contributed by atoms with E-state index in [1.165, 1.54) is 0 Å². The molecular formula is C15H20ClN3O2. The highest BCUT2D eigenvalue weighted by atomic mass is 35.5. The fourth-order valence-corrected chi connectivity index (χ4v) is 2.26. The van der Waals surface area contributed by atoms with Crippen LogP contribution in [0.5, 0.6) is 5.75 Å². The van der Waals surface area contributed by atoms with Gasteiger partial charge in [-0.05, 0) is 43.9 Å². The van der Waals surface area contributed by atoms with E-state index in [0.717, 1.165) is 37.0 Å². The van der Waals surface area contributed by atoms with E-state index in [9.17, 15) is 0 Å². The lowest BCUT2D eigenvalue weighted by Crippen LogP contribution is -2.44. The number of benzene rings is 1. The van der Waals surface area contributed by atoms with Crippen LogP contribution in [-0.2, 0) is 5.54 Å². The molecule has 114 valence electrons. The van der Waals surface area contributed by atoms with Crippen molar-refractivity contribution in [1.82, 2.24) is 10.1 Å². The lowest BCUT2D eigenvalue weighted by atomic mass is 9.77. The van der Waals surface area contributed by atoms with Gasteiger partial charge in [0.05, 0.1) is 12.1 Å². The van der Waals surface area contributed by atoms with Crippen LogP contribution in [0.25, 0.3) is 11.5 Å². The van der Waals surface area contributed by atoms with Crippen LogP contribution < -0.4 is 10.5 Å². The molecule has 2 aromatic rings. The highest BCUT2D eigenvalue weighted by Gasteiger charge is 2.39. The molecular weight excluding hydrogens is 290 g/mol. The molecule has 1 aromatic heterocycles. The van der Waals surface area contributed by atoms with Crippen molar-refractivity contribution in [2.75, 3.05) is 6.61 Å². The SMILES string of the molecule is CCCOc1cccc(-c2nc(C3(N)CCC3)no2)c1.Cl. The van der Waals surface area contributed by atoms with Crippen molar-refractivity contribution >= 4 is 12.4 Å². The van der Waals surface area contributed by atoms with Gasteiger partial charge in [0.25, 0.3) is 5.89 Å². The van der Waals surface area contributed by atoms with Crippen LogP contribution in [0.1, 0.15) is 38.4 Å². The molecule has 0 atom stereocenters. The molecule has 5 nitrogen and oxygen atoms in total. The van der Waals surface area contributed by atoms with Gasteiger partial charge >= 0.3 is 0 Å². The van der Waals surface area contributed by atoms with E-state index >= 15 is 0 Å². The zero-order valence-corrected chi connectivity index (χ0v) is 12.9. The Kier molecular flexibility index (Phi) is 4.85. The normalized spacial score (nSPS) is 15.9. The topological polar surface area (TPSA) is 74.2 Å². The van der Waals surface area contributed by atoms with Gasteiger partial charge in [-0.2, -0.15) is 4.98 Å². The van der Waals surface area contributed by atoms with Crippen LogP contribution in [0, 0.1) is 0 Å². The largest absolute Gasteiger partial charge is 0.494 e. The fourth-order valence-electron chi connectivity index (χ4n) is 2.26. The summed E-state index contributed by atoms with van der Waals surface area (Å²) in [5.74, 6) is 1.92. The molecule has 1 saturated carbocycles. The minimum atomic E-state index is -0.391. The van der Waals surface area contributed by atoms with Gasteiger partial charge in [0, 0.05) is 5.56 Å². The van der Waals surface area contributed by atoms with Gasteiger partial charge < -0.3 is 15.0 Å². The Hall–Kier alpha value is -1.59. The number of nitrogens with zero attached hydrogens (tertiary/aromatic N) is 2. The molecule has 1 aromatic carbocycles. The average molecular weight is 310 g/mol. The van der Waals surface area contributed by atoms with Crippen molar-refractivity contribution in [2.24, 2.45) is 5.73 Å². The maximum atomic E-state index is 6.20. The van der Waals surface area contributed by atoms with Crippen molar-refractivity contribution in [1.29, 1.82) is 0 Å². The molecule has 0 radical (unpaired) electrons. The third kappa shape index (κ3) is 3.19. The Morgan fingerprint density at radius 2 is 2.19 bits per heavy atom. The first-order valence-electron chi connectivity index (χ1n) is 7.07. The van der Waals surface area contributed by atoms with Crippen LogP contribution in [0.2, 0.25) is 0 Å². The minimum absolute atomic E-state index is 0. The van der Waals surface area contributed by atoms with Crippen LogP contribution in [0.15, 0.2) is 28.8 Å². The van der Waals surface area contributed by atoms with Crippen molar-refractivity contribution < 1.29 is 9.26 Å². The zero-order valence-electron chi connectivity index (χ0n) is 12.0. The standard InChI is InChI=1S/C15H19N3O2.ClH/c1-2-9-19-12-6-3-5-11(10-12)13-17-14(18-20-13)15(16)7-4-8-15;/h3,5-6,10H,2,4,7-9,16H2,1H3;1H. The molecule has 2 N–H and O–H groups in total. The number of hydrogen-bond donors (Lipinski definition) is 1. The predicted octanol–water partition coefficient (Wildman–Crippen LogP) is 3.29. The molecule has 0 bridgehead atoms. The van der Waals surface area contributed by atoms with Gasteiger partial charge in [-0.1, -0.05) is 18.1 Å². The molecule has 0 spiro atoms. The third-order valence-electron chi connectivity index (χ3n) is 3.67. The lowest BCUT2D eigenvalue weighted by molar-refractivity contribution is 0.229. The summed E-state index contributed by atoms with van der Waals surface area (Å²) >= 11 is 0. The molecule has 0 saturated heterocycles. The second-order valence-electron chi connectivity index (χ2n) is 5.31. The molecule has 21 heavy (non-hydrogen) atoms. The molecule has 1 heterocycles. The number of ether oxygens (including phenoxy) is 1. The van der Waals surface area contributed by atoms with E-state index in [2.05, 4.69) is 17.1 Å². The van der Waals surface area contributed by atoms with E-state index in [-0.39, 0.29) is 12.4 Å². The van der Waals surface area contributed by atoms with Crippen molar-refractivity contribution in [3.63, 3.8) is 0 Å². The Morgan fingerprint density at radius 3 is 2.86 bits per heavy atom. The van der Waals surface area contributed by atoms with Crippen molar-refractivity contribution in [3.05, 3.63) is 30.1 Å². The molecule has 0 unspecified atom stereocenters. The molecule has 3 rings (SSSR count). The first-order valence-corrected chi connectivity index (χ1v) is 7.07. The molecule has 0 aliphatic heterocycles. The summed E-state index contributed by atoms with van der Waals surface area (Å²) in [5, 5.41) is 4.03. The third-order valence-corrected chi connectivity index (χ3v) is 3.67. The Morgan fingerprint density at radius 1 is 1.38 bits per heavy atom. The monoisotopic (exact) mass is 309 g/mol. The van der Waals surface area contributed by atoms with E-state index < -0.39 is 5.54 Å². The van der Waals surface area contributed by atoms with Crippen molar-refractivity contribution in [2.45, 2.75) is 38.1 Å². The molecule has 1 fully saturated rings. The second-order valence-corrected chi connectivity index (χ2v) is 5.31. The molecule has 6 heteroatoms. The quantitative estimate of drug-likeness (QED) is 0.917. The fraction of sp³-hybridized carbons (Fsp3) is 0.467. The van der Waals surface area contributed by atoms with Crippen molar-refractivity contribution in [3.8, 4) is 17.2 Å². The second kappa shape index (κ2) is 6.45. The van der Waals surface area contributed by atoms with E-state index in [4.69, 9.17) is 15.0 Å². The summed E-state index contributed by atoms with van der Waals surface area (Å²) in [5.41, 5.74) is 6.67. The van der Waals surface area contributed by atoms with E-state index in [0.29, 0.717) is 18.3 Å². The van der Waals surface area contributed by atoms with Gasteiger partial charge in [-0.15, -0.1) is 12.4 Å². The Bertz CT molecular complexity index is 596. The summed E-state index contributed by atoms with van der Waals surface area (Å²) in [4.78, 5) is 4.44. The summed E-state index contributed by atoms with van der Waals surface area (Å²) in [6.45, 7) is 2.78. The molecule has 1 aliphatic carbocycles. The zero-order chi connectivity index (χ0) is 14.0. The summed E-state index contributed by atoms with van der Waals surface area (Å²) in [6.07, 6.45) is 3.95. The highest BCUT2D eigenvalue weighted by molar-refractivity contribution is 5.85. The molecule has 1 aliphatic rings. The average Bonchev–Trinajstić information content (AvgIpc) is 2.93. The van der Waals surface area contributed by atoms with Gasteiger partial charge in [0.1, 0.15) is 5.75 Å². The van der Waals surface area contributed by atoms with Gasteiger partial charge in [-0.3, -0.25) is 0 Å². The Labute approximate surface area is 130 Å². The van der Waals surface area contributed by atoms with E-state index in [1.807, 2.05) is 24.3 Å². The van der Waals surface area contributed by atoms with Crippen LogP contribution in [0.4, 0.5) is 0 Å². The Balaban J connectivity index is 0.00000161. The first-order chi connectivity index (χ1) is 9.71. The number of rotatable bonds is 5. The number of hydrogen-bond acceptors (Lipinski definition) is 5. The maximum Gasteiger partial charge on any atom is 0.258 e. The predicted molar refractivity (Wildman–Crippen MR) is 82.5 cm³/mol. The number of halogens is 1. The first kappa shape index (κ1) is 15.8. The summed E-state index contributed by atoms with van der Waals surface area (Å²) in [7, 11) is 0. The van der Waals surface area contributed by atoms with Crippen LogP contribution in [-0.4, -0.2) is 16.7 Å². The smallest absolute Gasteiger partial charge is 0.258 e. The van der Waals surface area contributed by atoms with Gasteiger partial charge in [0.2, 0.25) is 0 Å². The van der Waals surface area contributed by atoms with Crippen LogP contribution in [0.3, 0.4) is 0 Å². The number of nitrogens with two attached hydrogens (primary N) is 1. The summed E-state index contributed by atoms with van der Waals surface area (Å²) < 4.78 is 10.9. The summed E-state index contributed by atoms with van der Waals surface area (Å²) in [6, 6.07) is 7.69. The van der Waals surface area contributed by atoms with Crippen LogP contribution >= 0.6 is 12.4 Å². The van der Waals surface area contributed by atoms with Gasteiger partial charge in [-0.25, -0.2) is 0 Å². The lowest BCUT2D eigenvalue weighted by Gasteiger charge is -2.34. The van der Waals surface area contributed by atoms with Gasteiger partial charge in [0.15, 0.2) is 5.82 Å². The number of aromatic nitrogens is 2. The highest BCUT2D eigenvalue weighted by Crippen LogP contribution is 2.37. The minimum Gasteiger partial charge on any atom is -0.494 e.